The Hall–Kier alpha value is -0.990. The van der Waals surface area contributed by atoms with Crippen LogP contribution in [-0.4, -0.2) is 17.4 Å². The standard InChI is InChI=1S/C15H23O3P/c1-8-13-19(16,17-14(6,9-2)10-3)18-15(7,11-4)12-5/h2,4,8H,1,10,12-13H2,3,5-7H3. The SMILES string of the molecule is C#CC(C)(CC)OP(=O)(CC=C)OC(C)(C#C)CC. The van der Waals surface area contributed by atoms with Gasteiger partial charge in [0, 0.05) is 0 Å². The van der Waals surface area contributed by atoms with Crippen molar-refractivity contribution in [1.29, 1.82) is 0 Å². The third-order valence-electron chi connectivity index (χ3n) is 2.99. The highest BCUT2D eigenvalue weighted by atomic mass is 31.2. The van der Waals surface area contributed by atoms with Gasteiger partial charge < -0.3 is 0 Å². The molecule has 4 heteroatoms. The minimum Gasteiger partial charge on any atom is -0.289 e. The van der Waals surface area contributed by atoms with E-state index in [-0.39, 0.29) is 6.16 Å². The van der Waals surface area contributed by atoms with Gasteiger partial charge in [-0.1, -0.05) is 31.8 Å². The van der Waals surface area contributed by atoms with E-state index in [9.17, 15) is 4.57 Å². The first-order valence-electron chi connectivity index (χ1n) is 6.29. The molecule has 106 valence electrons. The number of hydrogen-bond acceptors (Lipinski definition) is 3. The highest BCUT2D eigenvalue weighted by molar-refractivity contribution is 7.54. The largest absolute Gasteiger partial charge is 0.337 e. The first-order valence-corrected chi connectivity index (χ1v) is 8.02. The number of terminal acetylenes is 2. The molecule has 0 aromatic heterocycles. The third kappa shape index (κ3) is 5.25. The zero-order valence-electron chi connectivity index (χ0n) is 12.2. The molecule has 0 aromatic carbocycles. The molecule has 0 rings (SSSR count). The van der Waals surface area contributed by atoms with Gasteiger partial charge in [0.2, 0.25) is 0 Å². The molecule has 19 heavy (non-hydrogen) atoms. The second-order valence-electron chi connectivity index (χ2n) is 4.72. The summed E-state index contributed by atoms with van der Waals surface area (Å²) in [4.78, 5) is 0. The lowest BCUT2D eigenvalue weighted by atomic mass is 10.1. The van der Waals surface area contributed by atoms with E-state index in [1.54, 1.807) is 13.8 Å². The van der Waals surface area contributed by atoms with E-state index < -0.39 is 18.8 Å². The molecule has 0 aromatic rings. The van der Waals surface area contributed by atoms with Crippen molar-refractivity contribution in [3.8, 4) is 24.7 Å². The molecule has 3 nitrogen and oxygen atoms in total. The van der Waals surface area contributed by atoms with E-state index in [0.29, 0.717) is 12.8 Å². The quantitative estimate of drug-likeness (QED) is 0.383. The molecule has 0 N–H and O–H groups in total. The van der Waals surface area contributed by atoms with Crippen LogP contribution in [0, 0.1) is 24.7 Å². The summed E-state index contributed by atoms with van der Waals surface area (Å²) < 4.78 is 24.0. The summed E-state index contributed by atoms with van der Waals surface area (Å²) in [5.41, 5.74) is -1.89. The van der Waals surface area contributed by atoms with Crippen LogP contribution in [0.4, 0.5) is 0 Å². The molecule has 0 spiro atoms. The molecule has 0 fully saturated rings. The van der Waals surface area contributed by atoms with Crippen LogP contribution in [0.25, 0.3) is 0 Å². The lowest BCUT2D eigenvalue weighted by molar-refractivity contribution is 0.0648. The van der Waals surface area contributed by atoms with Crippen molar-refractivity contribution in [3.63, 3.8) is 0 Å². The smallest absolute Gasteiger partial charge is 0.289 e. The third-order valence-corrected chi connectivity index (χ3v) is 5.06. The monoisotopic (exact) mass is 282 g/mol. The van der Waals surface area contributed by atoms with E-state index >= 15 is 0 Å². The van der Waals surface area contributed by atoms with Gasteiger partial charge in [-0.25, -0.2) is 0 Å². The minimum atomic E-state index is -3.43. The zero-order chi connectivity index (χ0) is 15.2. The maximum absolute atomic E-state index is 12.8. The number of hydrogen-bond donors (Lipinski definition) is 0. The highest BCUT2D eigenvalue weighted by Gasteiger charge is 2.38. The Balaban J connectivity index is 5.30. The van der Waals surface area contributed by atoms with Crippen molar-refractivity contribution >= 4 is 7.60 Å². The van der Waals surface area contributed by atoms with Crippen LogP contribution in [0.5, 0.6) is 0 Å². The van der Waals surface area contributed by atoms with Crippen LogP contribution in [0.2, 0.25) is 0 Å². The lowest BCUT2D eigenvalue weighted by Gasteiger charge is -2.32. The summed E-state index contributed by atoms with van der Waals surface area (Å²) in [5, 5.41) is 0. The fraction of sp³-hybridized carbons (Fsp3) is 0.600. The summed E-state index contributed by atoms with van der Waals surface area (Å²) in [6.45, 7) is 10.7. The molecule has 0 aliphatic carbocycles. The summed E-state index contributed by atoms with van der Waals surface area (Å²) in [5.74, 6) is 5.01. The zero-order valence-corrected chi connectivity index (χ0v) is 13.1. The van der Waals surface area contributed by atoms with Crippen molar-refractivity contribution in [2.24, 2.45) is 0 Å². The van der Waals surface area contributed by atoms with Crippen molar-refractivity contribution in [2.75, 3.05) is 6.16 Å². The summed E-state index contributed by atoms with van der Waals surface area (Å²) in [7, 11) is -3.43. The number of allylic oxidation sites excluding steroid dienone is 1. The molecule has 0 bridgehead atoms. The van der Waals surface area contributed by atoms with E-state index in [1.165, 1.54) is 6.08 Å². The van der Waals surface area contributed by atoms with Gasteiger partial charge in [-0.05, 0) is 26.7 Å². The lowest BCUT2D eigenvalue weighted by Crippen LogP contribution is -2.30. The van der Waals surface area contributed by atoms with Gasteiger partial charge in [-0.2, -0.15) is 0 Å². The predicted molar refractivity (Wildman–Crippen MR) is 79.9 cm³/mol. The van der Waals surface area contributed by atoms with E-state index in [1.807, 2.05) is 13.8 Å². The Morgan fingerprint density at radius 1 is 1.16 bits per heavy atom. The van der Waals surface area contributed by atoms with Crippen LogP contribution in [0.1, 0.15) is 40.5 Å². The molecule has 0 aliphatic heterocycles. The summed E-state index contributed by atoms with van der Waals surface area (Å²) >= 11 is 0. The maximum atomic E-state index is 12.8. The highest BCUT2D eigenvalue weighted by Crippen LogP contribution is 2.55. The van der Waals surface area contributed by atoms with Gasteiger partial charge in [0.15, 0.2) is 0 Å². The molecule has 0 aliphatic rings. The van der Waals surface area contributed by atoms with Crippen LogP contribution in [0.3, 0.4) is 0 Å². The Labute approximate surface area is 117 Å². The Bertz CT molecular complexity index is 409. The summed E-state index contributed by atoms with van der Waals surface area (Å²) in [6, 6.07) is 0. The molecule has 0 radical (unpaired) electrons. The van der Waals surface area contributed by atoms with Crippen LogP contribution in [0.15, 0.2) is 12.7 Å². The molecule has 0 amide bonds. The van der Waals surface area contributed by atoms with Gasteiger partial charge in [-0.3, -0.25) is 13.6 Å². The Morgan fingerprint density at radius 3 is 1.74 bits per heavy atom. The Kier molecular flexibility index (Phi) is 6.61. The van der Waals surface area contributed by atoms with E-state index in [0.717, 1.165) is 0 Å². The maximum Gasteiger partial charge on any atom is 0.337 e. The molecule has 0 saturated heterocycles. The fourth-order valence-corrected chi connectivity index (χ4v) is 3.35. The van der Waals surface area contributed by atoms with Gasteiger partial charge in [0.25, 0.3) is 0 Å². The molecule has 0 saturated carbocycles. The molecular formula is C15H23O3P. The number of rotatable bonds is 8. The molecular weight excluding hydrogens is 259 g/mol. The van der Waals surface area contributed by atoms with Crippen molar-refractivity contribution in [1.82, 2.24) is 0 Å². The average molecular weight is 282 g/mol. The van der Waals surface area contributed by atoms with Crippen LogP contribution >= 0.6 is 7.60 Å². The summed E-state index contributed by atoms with van der Waals surface area (Å²) in [6.07, 6.45) is 13.5. The topological polar surface area (TPSA) is 35.5 Å². The molecule has 2 unspecified atom stereocenters. The van der Waals surface area contributed by atoms with Crippen molar-refractivity contribution in [3.05, 3.63) is 12.7 Å². The van der Waals surface area contributed by atoms with Gasteiger partial charge >= 0.3 is 7.60 Å². The Morgan fingerprint density at radius 2 is 1.53 bits per heavy atom. The fourth-order valence-electron chi connectivity index (χ4n) is 1.25. The van der Waals surface area contributed by atoms with E-state index in [2.05, 4.69) is 18.4 Å². The van der Waals surface area contributed by atoms with Crippen molar-refractivity contribution < 1.29 is 13.6 Å². The predicted octanol–water partition coefficient (Wildman–Crippen LogP) is 4.00. The van der Waals surface area contributed by atoms with Crippen LogP contribution in [-0.2, 0) is 13.6 Å². The first-order chi connectivity index (χ1) is 8.72. The van der Waals surface area contributed by atoms with E-state index in [4.69, 9.17) is 21.9 Å². The van der Waals surface area contributed by atoms with Gasteiger partial charge in [0.1, 0.15) is 11.2 Å². The normalized spacial score (nSPS) is 20.1. The average Bonchev–Trinajstić information content (AvgIpc) is 2.38. The minimum absolute atomic E-state index is 0.0710. The first kappa shape index (κ1) is 18.0. The van der Waals surface area contributed by atoms with Crippen LogP contribution < -0.4 is 0 Å². The van der Waals surface area contributed by atoms with Crippen molar-refractivity contribution in [2.45, 2.75) is 51.7 Å². The van der Waals surface area contributed by atoms with Gasteiger partial charge in [-0.15, -0.1) is 19.4 Å². The second-order valence-corrected chi connectivity index (χ2v) is 6.67. The van der Waals surface area contributed by atoms with Gasteiger partial charge in [0.05, 0.1) is 6.16 Å². The second kappa shape index (κ2) is 6.97. The molecule has 2 atom stereocenters. The molecule has 0 heterocycles.